The molecule has 20 heavy (non-hydrogen) atoms. The van der Waals surface area contributed by atoms with Crippen LogP contribution in [0.1, 0.15) is 42.7 Å². The zero-order valence-electron chi connectivity index (χ0n) is 11.8. The summed E-state index contributed by atoms with van der Waals surface area (Å²) in [5.74, 6) is 0.587. The maximum absolute atomic E-state index is 11.0. The van der Waals surface area contributed by atoms with Gasteiger partial charge in [0.05, 0.1) is 5.60 Å². The average molecular weight is 298 g/mol. The quantitative estimate of drug-likeness (QED) is 0.881. The molecule has 3 nitrogen and oxygen atoms in total. The van der Waals surface area contributed by atoms with Gasteiger partial charge >= 0.3 is 0 Å². The Morgan fingerprint density at radius 1 is 1.10 bits per heavy atom. The van der Waals surface area contributed by atoms with E-state index in [-0.39, 0.29) is 12.4 Å². The van der Waals surface area contributed by atoms with Crippen LogP contribution in [0.3, 0.4) is 0 Å². The smallest absolute Gasteiger partial charge is 0.0943 e. The van der Waals surface area contributed by atoms with Gasteiger partial charge in [-0.3, -0.25) is 0 Å². The number of ether oxygens (including phenoxy) is 1. The molecular weight excluding hydrogens is 274 g/mol. The van der Waals surface area contributed by atoms with Gasteiger partial charge in [0.25, 0.3) is 0 Å². The van der Waals surface area contributed by atoms with Gasteiger partial charge in [0, 0.05) is 26.1 Å². The SMILES string of the molecule is Cl.OC1(c2ccccc2C2CCNCC2)CCOCC1. The zero-order valence-corrected chi connectivity index (χ0v) is 12.6. The van der Waals surface area contributed by atoms with E-state index in [1.807, 2.05) is 6.07 Å². The molecular formula is C16H24ClNO2. The third-order valence-electron chi connectivity index (χ3n) is 4.56. The summed E-state index contributed by atoms with van der Waals surface area (Å²) in [6, 6.07) is 8.47. The first-order valence-electron chi connectivity index (χ1n) is 7.40. The maximum atomic E-state index is 11.0. The van der Waals surface area contributed by atoms with Crippen molar-refractivity contribution >= 4 is 12.4 Å². The summed E-state index contributed by atoms with van der Waals surface area (Å²) >= 11 is 0. The molecule has 3 rings (SSSR count). The monoisotopic (exact) mass is 297 g/mol. The highest BCUT2D eigenvalue weighted by Crippen LogP contribution is 2.38. The van der Waals surface area contributed by atoms with Gasteiger partial charge in [-0.25, -0.2) is 0 Å². The minimum atomic E-state index is -0.681. The van der Waals surface area contributed by atoms with Crippen molar-refractivity contribution in [2.45, 2.75) is 37.2 Å². The molecule has 2 heterocycles. The van der Waals surface area contributed by atoms with Crippen LogP contribution in [0.25, 0.3) is 0 Å². The number of hydrogen-bond donors (Lipinski definition) is 2. The second kappa shape index (κ2) is 6.90. The molecule has 2 aliphatic heterocycles. The van der Waals surface area contributed by atoms with Crippen molar-refractivity contribution in [3.8, 4) is 0 Å². The van der Waals surface area contributed by atoms with Gasteiger partial charge in [0.1, 0.15) is 0 Å². The van der Waals surface area contributed by atoms with Crippen LogP contribution in [-0.4, -0.2) is 31.4 Å². The van der Waals surface area contributed by atoms with E-state index in [1.54, 1.807) is 0 Å². The van der Waals surface area contributed by atoms with E-state index in [1.165, 1.54) is 18.4 Å². The van der Waals surface area contributed by atoms with Gasteiger partial charge in [-0.2, -0.15) is 0 Å². The van der Waals surface area contributed by atoms with Crippen LogP contribution in [0.4, 0.5) is 0 Å². The summed E-state index contributed by atoms with van der Waals surface area (Å²) in [6.07, 6.45) is 3.77. The van der Waals surface area contributed by atoms with Gasteiger partial charge in [-0.05, 0) is 43.0 Å². The lowest BCUT2D eigenvalue weighted by Crippen LogP contribution is -2.35. The number of piperidine rings is 1. The standard InChI is InChI=1S/C16H23NO2.ClH/c18-16(7-11-19-12-8-16)15-4-2-1-3-14(15)13-5-9-17-10-6-13;/h1-4,13,17-18H,5-12H2;1H. The Labute approximate surface area is 127 Å². The summed E-state index contributed by atoms with van der Waals surface area (Å²) < 4.78 is 5.40. The van der Waals surface area contributed by atoms with Crippen LogP contribution in [-0.2, 0) is 10.3 Å². The fourth-order valence-corrected chi connectivity index (χ4v) is 3.39. The molecule has 0 radical (unpaired) electrons. The molecule has 0 unspecified atom stereocenters. The van der Waals surface area contributed by atoms with E-state index in [0.717, 1.165) is 31.5 Å². The van der Waals surface area contributed by atoms with Gasteiger partial charge in [0.2, 0.25) is 0 Å². The average Bonchev–Trinajstić information content (AvgIpc) is 2.49. The van der Waals surface area contributed by atoms with Crippen LogP contribution in [0, 0.1) is 0 Å². The lowest BCUT2D eigenvalue weighted by molar-refractivity contribution is -0.0686. The molecule has 0 bridgehead atoms. The largest absolute Gasteiger partial charge is 0.385 e. The molecule has 1 aromatic carbocycles. The fourth-order valence-electron chi connectivity index (χ4n) is 3.39. The molecule has 0 aromatic heterocycles. The van der Waals surface area contributed by atoms with Crippen LogP contribution in [0.5, 0.6) is 0 Å². The van der Waals surface area contributed by atoms with E-state index < -0.39 is 5.60 Å². The van der Waals surface area contributed by atoms with Crippen molar-refractivity contribution in [2.75, 3.05) is 26.3 Å². The predicted octanol–water partition coefficient (Wildman–Crippen LogP) is 2.57. The topological polar surface area (TPSA) is 41.5 Å². The Balaban J connectivity index is 0.00000147. The maximum Gasteiger partial charge on any atom is 0.0943 e. The van der Waals surface area contributed by atoms with E-state index >= 15 is 0 Å². The van der Waals surface area contributed by atoms with E-state index in [0.29, 0.717) is 19.1 Å². The third-order valence-corrected chi connectivity index (χ3v) is 4.56. The first-order chi connectivity index (χ1) is 9.30. The van der Waals surface area contributed by atoms with Gasteiger partial charge in [-0.15, -0.1) is 12.4 Å². The number of hydrogen-bond acceptors (Lipinski definition) is 3. The molecule has 2 N–H and O–H groups in total. The molecule has 0 aliphatic carbocycles. The molecule has 0 saturated carbocycles. The van der Waals surface area contributed by atoms with Gasteiger partial charge < -0.3 is 15.2 Å². The molecule has 0 amide bonds. The Bertz CT molecular complexity index is 426. The van der Waals surface area contributed by atoms with Gasteiger partial charge in [0.15, 0.2) is 0 Å². The highest BCUT2D eigenvalue weighted by Gasteiger charge is 2.35. The summed E-state index contributed by atoms with van der Waals surface area (Å²) in [5.41, 5.74) is 1.82. The Hall–Kier alpha value is -0.610. The lowest BCUT2D eigenvalue weighted by Gasteiger charge is -2.36. The predicted molar refractivity (Wildman–Crippen MR) is 82.5 cm³/mol. The van der Waals surface area contributed by atoms with E-state index in [4.69, 9.17) is 4.74 Å². The zero-order chi connectivity index (χ0) is 13.1. The lowest BCUT2D eigenvalue weighted by atomic mass is 9.78. The minimum Gasteiger partial charge on any atom is -0.385 e. The van der Waals surface area contributed by atoms with Crippen molar-refractivity contribution in [3.05, 3.63) is 35.4 Å². The Morgan fingerprint density at radius 3 is 2.45 bits per heavy atom. The molecule has 0 spiro atoms. The van der Waals surface area contributed by atoms with Crippen LogP contribution in [0.2, 0.25) is 0 Å². The number of aliphatic hydroxyl groups is 1. The molecule has 4 heteroatoms. The molecule has 0 atom stereocenters. The third kappa shape index (κ3) is 3.17. The highest BCUT2D eigenvalue weighted by molar-refractivity contribution is 5.85. The molecule has 1 aromatic rings. The first-order valence-corrected chi connectivity index (χ1v) is 7.40. The van der Waals surface area contributed by atoms with Crippen LogP contribution in [0.15, 0.2) is 24.3 Å². The van der Waals surface area contributed by atoms with Crippen molar-refractivity contribution in [3.63, 3.8) is 0 Å². The minimum absolute atomic E-state index is 0. The molecule has 2 saturated heterocycles. The summed E-state index contributed by atoms with van der Waals surface area (Å²) in [5, 5.41) is 14.4. The van der Waals surface area contributed by atoms with E-state index in [2.05, 4.69) is 23.5 Å². The molecule has 112 valence electrons. The first kappa shape index (κ1) is 15.8. The normalized spacial score (nSPS) is 23.1. The summed E-state index contributed by atoms with van der Waals surface area (Å²) in [6.45, 7) is 3.50. The number of benzene rings is 1. The van der Waals surface area contributed by atoms with Crippen molar-refractivity contribution in [2.24, 2.45) is 0 Å². The van der Waals surface area contributed by atoms with Crippen molar-refractivity contribution < 1.29 is 9.84 Å². The Morgan fingerprint density at radius 2 is 1.75 bits per heavy atom. The Kier molecular flexibility index (Phi) is 5.44. The van der Waals surface area contributed by atoms with Crippen molar-refractivity contribution in [1.82, 2.24) is 5.32 Å². The molecule has 2 fully saturated rings. The van der Waals surface area contributed by atoms with Gasteiger partial charge in [-0.1, -0.05) is 24.3 Å². The van der Waals surface area contributed by atoms with Crippen LogP contribution < -0.4 is 5.32 Å². The summed E-state index contributed by atoms with van der Waals surface area (Å²) in [4.78, 5) is 0. The second-order valence-corrected chi connectivity index (χ2v) is 5.76. The summed E-state index contributed by atoms with van der Waals surface area (Å²) in [7, 11) is 0. The molecule has 2 aliphatic rings. The van der Waals surface area contributed by atoms with Crippen molar-refractivity contribution in [1.29, 1.82) is 0 Å². The number of halogens is 1. The second-order valence-electron chi connectivity index (χ2n) is 5.76. The fraction of sp³-hybridized carbons (Fsp3) is 0.625. The highest BCUT2D eigenvalue weighted by atomic mass is 35.5. The number of nitrogens with one attached hydrogen (secondary N) is 1. The van der Waals surface area contributed by atoms with E-state index in [9.17, 15) is 5.11 Å². The van der Waals surface area contributed by atoms with Crippen LogP contribution >= 0.6 is 12.4 Å². The number of rotatable bonds is 2.